The zero-order valence-electron chi connectivity index (χ0n) is 13.7. The van der Waals surface area contributed by atoms with Crippen molar-refractivity contribution in [2.45, 2.75) is 51.0 Å². The molecule has 0 bridgehead atoms. The lowest BCUT2D eigenvalue weighted by molar-refractivity contribution is 0.246. The highest BCUT2D eigenvalue weighted by Gasteiger charge is 2.23. The third-order valence-corrected chi connectivity index (χ3v) is 4.93. The molecular weight excluding hydrogens is 300 g/mol. The molecule has 2 N–H and O–H groups in total. The Balaban J connectivity index is 1.44. The van der Waals surface area contributed by atoms with Gasteiger partial charge in [-0.05, 0) is 68.2 Å². The van der Waals surface area contributed by atoms with Gasteiger partial charge in [0.05, 0.1) is 23.6 Å². The lowest BCUT2D eigenvalue weighted by Crippen LogP contribution is -2.35. The molecule has 2 aliphatic rings. The number of hydrogen-bond donors (Lipinski definition) is 2. The molecular formula is C19H22N4O. The first-order valence-electron chi connectivity index (χ1n) is 8.79. The fraction of sp³-hybridized carbons (Fsp3) is 0.421. The summed E-state index contributed by atoms with van der Waals surface area (Å²) in [6, 6.07) is 5.92. The molecule has 2 heterocycles. The molecule has 4 rings (SSSR count). The Bertz CT molecular complexity index is 759. The molecule has 0 radical (unpaired) electrons. The van der Waals surface area contributed by atoms with Crippen LogP contribution in [0, 0.1) is 0 Å². The summed E-state index contributed by atoms with van der Waals surface area (Å²) in [5.41, 5.74) is 5.46. The van der Waals surface area contributed by atoms with Gasteiger partial charge in [0.2, 0.25) is 0 Å². The van der Waals surface area contributed by atoms with Crippen molar-refractivity contribution in [3.63, 3.8) is 0 Å². The van der Waals surface area contributed by atoms with Crippen LogP contribution in [0.4, 0.5) is 10.5 Å². The van der Waals surface area contributed by atoms with E-state index in [0.29, 0.717) is 0 Å². The van der Waals surface area contributed by atoms with Gasteiger partial charge in [-0.25, -0.2) is 4.79 Å². The molecule has 2 amide bonds. The van der Waals surface area contributed by atoms with Crippen molar-refractivity contribution < 1.29 is 4.79 Å². The summed E-state index contributed by atoms with van der Waals surface area (Å²) in [7, 11) is 0. The predicted octanol–water partition coefficient (Wildman–Crippen LogP) is 3.55. The number of amides is 2. The molecule has 1 atom stereocenters. The van der Waals surface area contributed by atoms with E-state index in [1.54, 1.807) is 12.4 Å². The van der Waals surface area contributed by atoms with Crippen molar-refractivity contribution in [1.82, 2.24) is 15.3 Å². The van der Waals surface area contributed by atoms with Gasteiger partial charge in [-0.15, -0.1) is 0 Å². The van der Waals surface area contributed by atoms with Crippen LogP contribution in [0.15, 0.2) is 30.6 Å². The second-order valence-corrected chi connectivity index (χ2v) is 6.63. The van der Waals surface area contributed by atoms with Crippen molar-refractivity contribution in [3.8, 4) is 0 Å². The summed E-state index contributed by atoms with van der Waals surface area (Å²) < 4.78 is 0. The number of carbonyl (C=O) groups is 1. The number of aryl methyl sites for hydroxylation is 3. The lowest BCUT2D eigenvalue weighted by Gasteiger charge is -2.25. The number of urea groups is 1. The summed E-state index contributed by atoms with van der Waals surface area (Å²) in [6.45, 7) is 0. The van der Waals surface area contributed by atoms with Crippen molar-refractivity contribution in [2.24, 2.45) is 0 Å². The number of aromatic nitrogens is 2. The third-order valence-electron chi connectivity index (χ3n) is 4.93. The van der Waals surface area contributed by atoms with Gasteiger partial charge in [0.25, 0.3) is 0 Å². The number of pyridine rings is 2. The van der Waals surface area contributed by atoms with Crippen LogP contribution in [0.1, 0.15) is 54.2 Å². The van der Waals surface area contributed by atoms with Gasteiger partial charge >= 0.3 is 6.03 Å². The third kappa shape index (κ3) is 3.11. The Morgan fingerprint density at radius 2 is 1.96 bits per heavy atom. The topological polar surface area (TPSA) is 66.9 Å². The number of fused-ring (bicyclic) bond motifs is 2. The van der Waals surface area contributed by atoms with Crippen molar-refractivity contribution in [1.29, 1.82) is 0 Å². The zero-order chi connectivity index (χ0) is 16.4. The SMILES string of the molecule is O=C(Nc1cnc2c(c1)CCCC2)N[C@@H]1CCCc2cccnc21. The highest BCUT2D eigenvalue weighted by atomic mass is 16.2. The van der Waals surface area contributed by atoms with Crippen LogP contribution in [-0.4, -0.2) is 16.0 Å². The fourth-order valence-corrected chi connectivity index (χ4v) is 3.73. The summed E-state index contributed by atoms with van der Waals surface area (Å²) in [5, 5.41) is 5.99. The Labute approximate surface area is 141 Å². The van der Waals surface area contributed by atoms with Crippen LogP contribution in [0.2, 0.25) is 0 Å². The van der Waals surface area contributed by atoms with Crippen molar-refractivity contribution in [2.75, 3.05) is 5.32 Å². The van der Waals surface area contributed by atoms with E-state index in [9.17, 15) is 4.79 Å². The Morgan fingerprint density at radius 1 is 1.08 bits per heavy atom. The van der Waals surface area contributed by atoms with E-state index in [1.807, 2.05) is 6.07 Å². The first-order valence-corrected chi connectivity index (χ1v) is 8.79. The maximum absolute atomic E-state index is 12.4. The van der Waals surface area contributed by atoms with E-state index in [4.69, 9.17) is 0 Å². The van der Waals surface area contributed by atoms with Gasteiger partial charge in [-0.3, -0.25) is 9.97 Å². The molecule has 0 aliphatic heterocycles. The Morgan fingerprint density at radius 3 is 2.92 bits per heavy atom. The van der Waals surface area contributed by atoms with E-state index >= 15 is 0 Å². The molecule has 5 heteroatoms. The monoisotopic (exact) mass is 322 g/mol. The maximum atomic E-state index is 12.4. The minimum absolute atomic E-state index is 0.0134. The summed E-state index contributed by atoms with van der Waals surface area (Å²) >= 11 is 0. The van der Waals surface area contributed by atoms with Gasteiger partial charge in [-0.2, -0.15) is 0 Å². The first-order chi connectivity index (χ1) is 11.8. The van der Waals surface area contributed by atoms with Crippen LogP contribution < -0.4 is 10.6 Å². The molecule has 0 unspecified atom stereocenters. The molecule has 2 aliphatic carbocycles. The molecule has 124 valence electrons. The van der Waals surface area contributed by atoms with Crippen LogP contribution >= 0.6 is 0 Å². The standard InChI is InChI=1S/C19H22N4O/c24-19(22-15-11-14-5-1-2-8-16(14)21-12-15)23-17-9-3-6-13-7-4-10-20-18(13)17/h4,7,10-12,17H,1-3,5-6,8-9H2,(H2,22,23,24)/t17-/m1/s1. The molecule has 2 aromatic heterocycles. The summed E-state index contributed by atoms with van der Waals surface area (Å²) in [6.07, 6.45) is 11.1. The molecule has 24 heavy (non-hydrogen) atoms. The fourth-order valence-electron chi connectivity index (χ4n) is 3.73. The van der Waals surface area contributed by atoms with E-state index in [1.165, 1.54) is 29.7 Å². The quantitative estimate of drug-likeness (QED) is 0.888. The highest BCUT2D eigenvalue weighted by Crippen LogP contribution is 2.28. The predicted molar refractivity (Wildman–Crippen MR) is 92.9 cm³/mol. The second kappa shape index (κ2) is 6.59. The van der Waals surface area contributed by atoms with Crippen LogP contribution in [-0.2, 0) is 19.3 Å². The Hall–Kier alpha value is -2.43. The van der Waals surface area contributed by atoms with Gasteiger partial charge in [0.15, 0.2) is 0 Å². The number of rotatable bonds is 2. The number of anilines is 1. The number of carbonyl (C=O) groups excluding carboxylic acids is 1. The molecule has 2 aromatic rings. The molecule has 0 fully saturated rings. The molecule has 5 nitrogen and oxygen atoms in total. The summed E-state index contributed by atoms with van der Waals surface area (Å²) in [5.74, 6) is 0. The van der Waals surface area contributed by atoms with Crippen molar-refractivity contribution in [3.05, 3.63) is 53.1 Å². The maximum Gasteiger partial charge on any atom is 0.319 e. The molecule has 0 spiro atoms. The van der Waals surface area contributed by atoms with E-state index in [0.717, 1.165) is 43.5 Å². The molecule has 0 saturated heterocycles. The lowest BCUT2D eigenvalue weighted by atomic mass is 9.92. The van der Waals surface area contributed by atoms with Crippen LogP contribution in [0.3, 0.4) is 0 Å². The first kappa shape index (κ1) is 15.1. The summed E-state index contributed by atoms with van der Waals surface area (Å²) in [4.78, 5) is 21.3. The smallest absolute Gasteiger partial charge is 0.319 e. The average Bonchev–Trinajstić information content (AvgIpc) is 2.62. The van der Waals surface area contributed by atoms with Crippen LogP contribution in [0.25, 0.3) is 0 Å². The highest BCUT2D eigenvalue weighted by molar-refractivity contribution is 5.89. The average molecular weight is 322 g/mol. The largest absolute Gasteiger partial charge is 0.329 e. The number of hydrogen-bond acceptors (Lipinski definition) is 3. The normalized spacial score (nSPS) is 19.1. The van der Waals surface area contributed by atoms with E-state index in [-0.39, 0.29) is 12.1 Å². The van der Waals surface area contributed by atoms with Crippen LogP contribution in [0.5, 0.6) is 0 Å². The van der Waals surface area contributed by atoms with Gasteiger partial charge < -0.3 is 10.6 Å². The van der Waals surface area contributed by atoms with Crippen molar-refractivity contribution >= 4 is 11.7 Å². The molecule has 0 aromatic carbocycles. The second-order valence-electron chi connectivity index (χ2n) is 6.63. The van der Waals surface area contributed by atoms with Gasteiger partial charge in [-0.1, -0.05) is 6.07 Å². The Kier molecular flexibility index (Phi) is 4.15. The zero-order valence-corrected chi connectivity index (χ0v) is 13.7. The number of nitrogens with zero attached hydrogens (tertiary/aromatic N) is 2. The number of nitrogens with one attached hydrogen (secondary N) is 2. The molecule has 0 saturated carbocycles. The van der Waals surface area contributed by atoms with E-state index in [2.05, 4.69) is 32.7 Å². The minimum atomic E-state index is -0.184. The van der Waals surface area contributed by atoms with Gasteiger partial charge in [0.1, 0.15) is 0 Å². The van der Waals surface area contributed by atoms with E-state index < -0.39 is 0 Å². The minimum Gasteiger partial charge on any atom is -0.329 e. The van der Waals surface area contributed by atoms with Gasteiger partial charge in [0, 0.05) is 11.9 Å².